The van der Waals surface area contributed by atoms with Gasteiger partial charge in [0.2, 0.25) is 0 Å². The zero-order valence-electron chi connectivity index (χ0n) is 37.6. The van der Waals surface area contributed by atoms with Crippen LogP contribution in [0.25, 0.3) is 44.5 Å². The van der Waals surface area contributed by atoms with Gasteiger partial charge in [0, 0.05) is 11.1 Å². The Morgan fingerprint density at radius 3 is 1.48 bits per heavy atom. The summed E-state index contributed by atoms with van der Waals surface area (Å²) in [6.45, 7) is 16.0. The molecule has 0 unspecified atom stereocenters. The second-order valence-corrected chi connectivity index (χ2v) is 16.0. The molecule has 61 heavy (non-hydrogen) atoms. The fourth-order valence-electron chi connectivity index (χ4n) is 6.59. The van der Waals surface area contributed by atoms with E-state index in [0.29, 0.717) is 34.6 Å². The largest absolute Gasteiger partial charge is 0.508 e. The number of halogens is 2. The second-order valence-electron chi connectivity index (χ2n) is 14.9. The van der Waals surface area contributed by atoms with Crippen molar-refractivity contribution < 1.29 is 47.2 Å². The lowest BCUT2D eigenvalue weighted by Gasteiger charge is -2.17. The number of ether oxygens (including phenoxy) is 2. The van der Waals surface area contributed by atoms with Crippen molar-refractivity contribution in [1.29, 1.82) is 0 Å². The molecule has 0 aliphatic rings. The van der Waals surface area contributed by atoms with E-state index >= 15 is 0 Å². The van der Waals surface area contributed by atoms with Crippen molar-refractivity contribution in [2.45, 2.75) is 55.4 Å². The number of phenolic OH excluding ortho intramolecular Hbond substituents is 6. The molecule has 6 aromatic carbocycles. The lowest BCUT2D eigenvalue weighted by Crippen LogP contribution is -1.98. The third kappa shape index (κ3) is 11.8. The van der Waals surface area contributed by atoms with Crippen LogP contribution in [0.3, 0.4) is 0 Å². The van der Waals surface area contributed by atoms with Crippen LogP contribution in [0.15, 0.2) is 114 Å². The molecule has 0 aromatic heterocycles. The smallest absolute Gasteiger partial charge is 0.174 e. The summed E-state index contributed by atoms with van der Waals surface area (Å²) in [5, 5.41) is 62.0. The molecule has 0 fully saturated rings. The summed E-state index contributed by atoms with van der Waals surface area (Å²) in [6.07, 6.45) is 3.82. The Labute approximate surface area is 374 Å². The predicted molar refractivity (Wildman–Crippen MR) is 253 cm³/mol. The fourth-order valence-corrected chi connectivity index (χ4v) is 7.36. The Bertz CT molecular complexity index is 2390. The van der Waals surface area contributed by atoms with E-state index in [2.05, 4.69) is 22.6 Å². The highest BCUT2D eigenvalue weighted by Crippen LogP contribution is 2.45. The molecule has 0 aliphatic carbocycles. The van der Waals surface area contributed by atoms with Crippen LogP contribution in [0.1, 0.15) is 52.7 Å². The van der Waals surface area contributed by atoms with Crippen LogP contribution in [0, 0.1) is 31.3 Å². The maximum Gasteiger partial charge on any atom is 0.174 e. The minimum absolute atomic E-state index is 0.0399. The highest BCUT2D eigenvalue weighted by atomic mass is 127. The molecule has 0 aliphatic heterocycles. The zero-order valence-corrected chi connectivity index (χ0v) is 37.8. The van der Waals surface area contributed by atoms with Crippen LogP contribution < -0.4 is 9.47 Å². The van der Waals surface area contributed by atoms with Gasteiger partial charge in [-0.05, 0) is 194 Å². The monoisotopic (exact) mass is 943 g/mol. The maximum atomic E-state index is 11.0. The summed E-state index contributed by atoms with van der Waals surface area (Å²) in [5.74, 6) is 1.10. The topological polar surface area (TPSA) is 140 Å². The van der Waals surface area contributed by atoms with Crippen molar-refractivity contribution in [1.82, 2.24) is 0 Å². The highest BCUT2D eigenvalue weighted by molar-refractivity contribution is 14.1. The molecule has 0 saturated carbocycles. The Balaban J connectivity index is 0.000000260. The lowest BCUT2D eigenvalue weighted by molar-refractivity contribution is 0.333. The predicted octanol–water partition coefficient (Wildman–Crippen LogP) is 13.4. The Morgan fingerprint density at radius 2 is 1.05 bits per heavy atom. The minimum Gasteiger partial charge on any atom is -0.508 e. The lowest BCUT2D eigenvalue weighted by atomic mass is 9.90. The molecule has 6 rings (SSSR count). The summed E-state index contributed by atoms with van der Waals surface area (Å²) in [4.78, 5) is 0. The van der Waals surface area contributed by atoms with Gasteiger partial charge in [0.05, 0.1) is 13.5 Å². The molecule has 0 bridgehead atoms. The van der Waals surface area contributed by atoms with Gasteiger partial charge in [-0.3, -0.25) is 4.39 Å². The van der Waals surface area contributed by atoms with Crippen molar-refractivity contribution in [3.8, 4) is 90.5 Å². The molecule has 0 amide bonds. The standard InChI is InChI=1S/C25H25IO4.C25H26O4.CH3F/c1-14(2)9-10-30-25-21(26)12-18(13-22(25)28)23-15(3)11-20(16(4)24(23)29)17-5-7-19(27)8-6-17;1-15(2)11-12-29-23-10-7-19(14-22(23)27)24-16(3)13-21(17(4)25(24)28)18-5-8-20(26)9-6-18;1-2/h5-9,11-13,27-29H,10H2,1-4H3;5-11,13-14,26-28H,12H2,1-4H3;1H3/i;10T;1D. The van der Waals surface area contributed by atoms with Crippen LogP contribution in [0.2, 0.25) is 0 Å². The molecular weight excluding hydrogens is 886 g/mol. The normalized spacial score (nSPS) is 10.9. The van der Waals surface area contributed by atoms with Crippen molar-refractivity contribution in [2.24, 2.45) is 0 Å². The molecule has 0 heterocycles. The van der Waals surface area contributed by atoms with Crippen molar-refractivity contribution >= 4 is 22.6 Å². The van der Waals surface area contributed by atoms with Gasteiger partial charge in [-0.2, -0.15) is 0 Å². The van der Waals surface area contributed by atoms with Gasteiger partial charge in [-0.15, -0.1) is 0 Å². The van der Waals surface area contributed by atoms with Gasteiger partial charge in [0.1, 0.15) is 36.2 Å². The SMILES string of the molecule is CC(C)=CCOc1c(O)cc(-c2c(C)cc(-c3ccc(O)cc3)c(C)c2O)cc1I.[2H]CF.[3H]c1cc(-c2c(C)cc(-c3ccc(O)cc3)c(C)c2O)cc(O)c1OCC=C(C)C. The third-order valence-corrected chi connectivity index (χ3v) is 10.6. The van der Waals surface area contributed by atoms with Gasteiger partial charge in [-0.25, -0.2) is 0 Å². The van der Waals surface area contributed by atoms with Crippen LogP contribution in [-0.4, -0.2) is 51.0 Å². The molecule has 6 N–H and O–H groups in total. The first-order valence-electron chi connectivity index (χ1n) is 20.5. The fraction of sp³-hybridized carbons (Fsp3) is 0.216. The summed E-state index contributed by atoms with van der Waals surface area (Å²) in [6, 6.07) is 24.3. The number of aryl methyl sites for hydroxylation is 2. The molecule has 0 saturated heterocycles. The average Bonchev–Trinajstić information content (AvgIpc) is 3.21. The molecule has 0 atom stereocenters. The van der Waals surface area contributed by atoms with E-state index < -0.39 is 7.15 Å². The molecule has 8 nitrogen and oxygen atoms in total. The second kappa shape index (κ2) is 21.4. The molecule has 0 spiro atoms. The van der Waals surface area contributed by atoms with E-state index in [4.69, 9.17) is 12.2 Å². The Morgan fingerprint density at radius 1 is 0.623 bits per heavy atom. The number of alkyl halides is 1. The van der Waals surface area contributed by atoms with Crippen molar-refractivity contribution in [3.63, 3.8) is 0 Å². The number of phenols is 6. The van der Waals surface area contributed by atoms with Crippen LogP contribution in [-0.2, 0) is 0 Å². The zero-order chi connectivity index (χ0) is 46.7. The highest BCUT2D eigenvalue weighted by Gasteiger charge is 2.20. The average molecular weight is 944 g/mol. The van der Waals surface area contributed by atoms with E-state index in [1.54, 1.807) is 48.5 Å². The van der Waals surface area contributed by atoms with Crippen LogP contribution in [0.5, 0.6) is 46.0 Å². The van der Waals surface area contributed by atoms with E-state index in [-0.39, 0.29) is 52.9 Å². The molecule has 10 heteroatoms. The first-order valence-corrected chi connectivity index (χ1v) is 20.4. The van der Waals surface area contributed by atoms with E-state index in [0.717, 1.165) is 59.2 Å². The number of allylic oxidation sites excluding steroid dienone is 2. The number of hydrogen-bond donors (Lipinski definition) is 6. The van der Waals surface area contributed by atoms with Crippen LogP contribution >= 0.6 is 22.6 Å². The summed E-state index contributed by atoms with van der Waals surface area (Å²) >= 11 is 2.14. The van der Waals surface area contributed by atoms with Crippen molar-refractivity contribution in [2.75, 3.05) is 20.4 Å². The molecule has 320 valence electrons. The van der Waals surface area contributed by atoms with E-state index in [9.17, 15) is 35.0 Å². The summed E-state index contributed by atoms with van der Waals surface area (Å²) in [5.41, 5.74) is 11.4. The third-order valence-electron chi connectivity index (χ3n) is 9.78. The summed E-state index contributed by atoms with van der Waals surface area (Å²) in [7, 11) is -1.00. The van der Waals surface area contributed by atoms with Gasteiger partial charge in [0.15, 0.2) is 23.0 Å². The molecule has 0 radical (unpaired) electrons. The summed E-state index contributed by atoms with van der Waals surface area (Å²) < 4.78 is 35.8. The quantitative estimate of drug-likeness (QED) is 0.0589. The number of hydrogen-bond acceptors (Lipinski definition) is 8. The first kappa shape index (κ1) is 44.4. The Hall–Kier alpha value is -6.14. The number of rotatable bonds is 10. The molecular formula is C51H54FIO8. The first-order chi connectivity index (χ1) is 29.8. The van der Waals surface area contributed by atoms with Crippen molar-refractivity contribution in [3.05, 3.63) is 140 Å². The van der Waals surface area contributed by atoms with E-state index in [1.165, 1.54) is 6.07 Å². The Kier molecular flexibility index (Phi) is 15.6. The van der Waals surface area contributed by atoms with Crippen LogP contribution in [0.4, 0.5) is 4.39 Å². The van der Waals surface area contributed by atoms with Gasteiger partial charge in [-0.1, -0.05) is 53.6 Å². The van der Waals surface area contributed by atoms with E-state index in [1.807, 2.05) is 97.9 Å². The minimum atomic E-state index is -1.00. The number of aromatic hydroxyl groups is 6. The van der Waals surface area contributed by atoms with Gasteiger partial charge >= 0.3 is 0 Å². The molecule has 6 aromatic rings. The number of benzene rings is 6. The van der Waals surface area contributed by atoms with Gasteiger partial charge in [0.25, 0.3) is 0 Å². The maximum absolute atomic E-state index is 11.0. The van der Waals surface area contributed by atoms with Gasteiger partial charge < -0.3 is 40.1 Å².